The van der Waals surface area contributed by atoms with E-state index in [2.05, 4.69) is 9.55 Å². The SMILES string of the molecule is COc1cccc(-c2ncn(Cc3ccc(Cl)cc3)c2-c2c[nH]c3cc(Cl)ccc23)c1. The number of rotatable bonds is 5. The van der Waals surface area contributed by atoms with Crippen LogP contribution in [0.4, 0.5) is 0 Å². The van der Waals surface area contributed by atoms with E-state index >= 15 is 0 Å². The molecule has 5 rings (SSSR count). The molecule has 4 nitrogen and oxygen atoms in total. The number of ether oxygens (including phenoxy) is 1. The molecule has 154 valence electrons. The summed E-state index contributed by atoms with van der Waals surface area (Å²) in [4.78, 5) is 8.15. The molecule has 5 aromatic rings. The highest BCUT2D eigenvalue weighted by Gasteiger charge is 2.19. The third-order valence-electron chi connectivity index (χ3n) is 5.35. The summed E-state index contributed by atoms with van der Waals surface area (Å²) in [5, 5.41) is 2.51. The smallest absolute Gasteiger partial charge is 0.119 e. The fourth-order valence-corrected chi connectivity index (χ4v) is 4.15. The van der Waals surface area contributed by atoms with Gasteiger partial charge in [-0.05, 0) is 42.0 Å². The van der Waals surface area contributed by atoms with Crippen LogP contribution in [0.15, 0.2) is 79.3 Å². The van der Waals surface area contributed by atoms with Gasteiger partial charge in [0.2, 0.25) is 0 Å². The number of halogens is 2. The molecule has 0 radical (unpaired) electrons. The van der Waals surface area contributed by atoms with Crippen LogP contribution in [0, 0.1) is 0 Å². The van der Waals surface area contributed by atoms with Crippen LogP contribution < -0.4 is 4.74 Å². The summed E-state index contributed by atoms with van der Waals surface area (Å²) in [6.45, 7) is 0.670. The van der Waals surface area contributed by atoms with Crippen LogP contribution >= 0.6 is 23.2 Å². The van der Waals surface area contributed by atoms with E-state index in [0.29, 0.717) is 11.6 Å². The maximum absolute atomic E-state index is 6.20. The molecule has 0 unspecified atom stereocenters. The first-order valence-corrected chi connectivity index (χ1v) is 10.6. The second-order valence-electron chi connectivity index (χ2n) is 7.32. The molecule has 0 bridgehead atoms. The van der Waals surface area contributed by atoms with Gasteiger partial charge in [0, 0.05) is 44.8 Å². The van der Waals surface area contributed by atoms with Gasteiger partial charge in [-0.15, -0.1) is 0 Å². The lowest BCUT2D eigenvalue weighted by atomic mass is 10.0. The third-order valence-corrected chi connectivity index (χ3v) is 5.83. The fourth-order valence-electron chi connectivity index (χ4n) is 3.85. The molecular formula is C25H19Cl2N3O. The lowest BCUT2D eigenvalue weighted by Crippen LogP contribution is -2.01. The van der Waals surface area contributed by atoms with Crippen LogP contribution in [-0.4, -0.2) is 21.6 Å². The minimum atomic E-state index is 0.670. The van der Waals surface area contributed by atoms with Crippen LogP contribution in [0.25, 0.3) is 33.4 Å². The maximum Gasteiger partial charge on any atom is 0.119 e. The molecule has 0 aliphatic rings. The maximum atomic E-state index is 6.20. The number of aromatic nitrogens is 3. The van der Waals surface area contributed by atoms with E-state index in [1.54, 1.807) is 7.11 Å². The molecule has 0 aliphatic heterocycles. The number of hydrogen-bond acceptors (Lipinski definition) is 2. The molecule has 0 saturated heterocycles. The van der Waals surface area contributed by atoms with Crippen molar-refractivity contribution < 1.29 is 4.74 Å². The predicted octanol–water partition coefficient (Wildman–Crippen LogP) is 7.06. The number of benzene rings is 3. The zero-order chi connectivity index (χ0) is 21.4. The first-order valence-electron chi connectivity index (χ1n) is 9.83. The molecule has 0 spiro atoms. The van der Waals surface area contributed by atoms with Crippen LogP contribution in [0.3, 0.4) is 0 Å². The van der Waals surface area contributed by atoms with Crippen molar-refractivity contribution in [3.8, 4) is 28.3 Å². The summed E-state index contributed by atoms with van der Waals surface area (Å²) in [6.07, 6.45) is 3.90. The summed E-state index contributed by atoms with van der Waals surface area (Å²) in [5.41, 5.74) is 6.10. The Hall–Kier alpha value is -3.21. The van der Waals surface area contributed by atoms with Gasteiger partial charge in [0.1, 0.15) is 5.75 Å². The van der Waals surface area contributed by atoms with Gasteiger partial charge in [-0.25, -0.2) is 4.98 Å². The van der Waals surface area contributed by atoms with Crippen molar-refractivity contribution >= 4 is 34.1 Å². The Balaban J connectivity index is 1.70. The van der Waals surface area contributed by atoms with Gasteiger partial charge in [-0.1, -0.05) is 53.5 Å². The Bertz CT molecular complexity index is 1370. The Morgan fingerprint density at radius 2 is 1.77 bits per heavy atom. The van der Waals surface area contributed by atoms with E-state index in [0.717, 1.165) is 49.8 Å². The largest absolute Gasteiger partial charge is 0.497 e. The highest BCUT2D eigenvalue weighted by Crippen LogP contribution is 2.37. The van der Waals surface area contributed by atoms with Crippen molar-refractivity contribution in [3.63, 3.8) is 0 Å². The van der Waals surface area contributed by atoms with Crippen molar-refractivity contribution in [2.24, 2.45) is 0 Å². The van der Waals surface area contributed by atoms with Crippen molar-refractivity contribution in [1.82, 2.24) is 14.5 Å². The average molecular weight is 448 g/mol. The van der Waals surface area contributed by atoms with E-state index < -0.39 is 0 Å². The predicted molar refractivity (Wildman–Crippen MR) is 127 cm³/mol. The van der Waals surface area contributed by atoms with Crippen molar-refractivity contribution in [2.75, 3.05) is 7.11 Å². The molecule has 3 aromatic carbocycles. The van der Waals surface area contributed by atoms with Gasteiger partial charge in [-0.3, -0.25) is 0 Å². The Morgan fingerprint density at radius 3 is 2.58 bits per heavy atom. The molecule has 0 amide bonds. The normalized spacial score (nSPS) is 11.2. The van der Waals surface area contributed by atoms with E-state index in [9.17, 15) is 0 Å². The molecular weight excluding hydrogens is 429 g/mol. The lowest BCUT2D eigenvalue weighted by molar-refractivity contribution is 0.415. The molecule has 2 heterocycles. The molecule has 0 aliphatic carbocycles. The van der Waals surface area contributed by atoms with Crippen LogP contribution in [-0.2, 0) is 6.54 Å². The number of nitrogens with one attached hydrogen (secondary N) is 1. The van der Waals surface area contributed by atoms with Gasteiger partial charge in [0.05, 0.1) is 24.8 Å². The molecule has 0 fully saturated rings. The second kappa shape index (κ2) is 8.14. The zero-order valence-corrected chi connectivity index (χ0v) is 18.3. The number of nitrogens with zero attached hydrogens (tertiary/aromatic N) is 2. The van der Waals surface area contributed by atoms with E-state index in [4.69, 9.17) is 32.9 Å². The van der Waals surface area contributed by atoms with Gasteiger partial charge >= 0.3 is 0 Å². The fraction of sp³-hybridized carbons (Fsp3) is 0.0800. The number of fused-ring (bicyclic) bond motifs is 1. The van der Waals surface area contributed by atoms with Gasteiger partial charge in [-0.2, -0.15) is 0 Å². The summed E-state index contributed by atoms with van der Waals surface area (Å²) >= 11 is 12.3. The van der Waals surface area contributed by atoms with E-state index in [-0.39, 0.29) is 0 Å². The van der Waals surface area contributed by atoms with E-state index in [1.165, 1.54) is 0 Å². The first kappa shape index (κ1) is 19.7. The Morgan fingerprint density at radius 1 is 0.968 bits per heavy atom. The van der Waals surface area contributed by atoms with Gasteiger partial charge < -0.3 is 14.3 Å². The number of imidazole rings is 1. The lowest BCUT2D eigenvalue weighted by Gasteiger charge is -2.11. The zero-order valence-electron chi connectivity index (χ0n) is 16.8. The standard InChI is InChI=1S/C25H19Cl2N3O/c1-31-20-4-2-3-17(11-20)24-25(22-13-28-23-12-19(27)9-10-21(22)23)30(15-29-24)14-16-5-7-18(26)8-6-16/h2-13,15,28H,14H2,1H3. The third kappa shape index (κ3) is 3.80. The molecule has 0 saturated carbocycles. The molecule has 1 N–H and O–H groups in total. The Kier molecular flexibility index (Phi) is 5.18. The number of hydrogen-bond donors (Lipinski definition) is 1. The molecule has 0 atom stereocenters. The quantitative estimate of drug-likeness (QED) is 0.313. The minimum Gasteiger partial charge on any atom is -0.497 e. The number of aromatic amines is 1. The molecule has 31 heavy (non-hydrogen) atoms. The van der Waals surface area contributed by atoms with Crippen LogP contribution in [0.5, 0.6) is 5.75 Å². The van der Waals surface area contributed by atoms with Gasteiger partial charge in [0.15, 0.2) is 0 Å². The second-order valence-corrected chi connectivity index (χ2v) is 8.19. The van der Waals surface area contributed by atoms with E-state index in [1.807, 2.05) is 79.3 Å². The summed E-state index contributed by atoms with van der Waals surface area (Å²) in [6, 6.07) is 21.7. The highest BCUT2D eigenvalue weighted by molar-refractivity contribution is 6.31. The van der Waals surface area contributed by atoms with Gasteiger partial charge in [0.25, 0.3) is 0 Å². The summed E-state index contributed by atoms with van der Waals surface area (Å²) in [5.74, 6) is 0.793. The monoisotopic (exact) mass is 447 g/mol. The average Bonchev–Trinajstić information content (AvgIpc) is 3.38. The molecule has 6 heteroatoms. The van der Waals surface area contributed by atoms with Crippen molar-refractivity contribution in [3.05, 3.63) is 94.9 Å². The van der Waals surface area contributed by atoms with Crippen molar-refractivity contribution in [2.45, 2.75) is 6.54 Å². The highest BCUT2D eigenvalue weighted by atomic mass is 35.5. The van der Waals surface area contributed by atoms with Crippen molar-refractivity contribution in [1.29, 1.82) is 0 Å². The van der Waals surface area contributed by atoms with Crippen LogP contribution in [0.1, 0.15) is 5.56 Å². The topological polar surface area (TPSA) is 42.8 Å². The summed E-state index contributed by atoms with van der Waals surface area (Å²) < 4.78 is 7.60. The van der Waals surface area contributed by atoms with Crippen LogP contribution in [0.2, 0.25) is 10.0 Å². The number of H-pyrrole nitrogens is 1. The first-order chi connectivity index (χ1) is 15.1. The summed E-state index contributed by atoms with van der Waals surface area (Å²) in [7, 11) is 1.67. The minimum absolute atomic E-state index is 0.670. The number of methoxy groups -OCH3 is 1. The molecule has 2 aromatic heterocycles. The Labute approximate surface area is 190 Å².